The Hall–Kier alpha value is -2.17. The van der Waals surface area contributed by atoms with Crippen molar-refractivity contribution in [3.63, 3.8) is 0 Å². The van der Waals surface area contributed by atoms with Gasteiger partial charge in [0.2, 0.25) is 5.91 Å². The molecule has 0 unspecified atom stereocenters. The second kappa shape index (κ2) is 9.16. The number of amides is 1. The third-order valence-corrected chi connectivity index (χ3v) is 4.86. The molecule has 0 aliphatic carbocycles. The van der Waals surface area contributed by atoms with Gasteiger partial charge in [-0.05, 0) is 67.3 Å². The number of H-pyrrole nitrogens is 1. The fraction of sp³-hybridized carbons (Fsp3) is 0.286. The monoisotopic (exact) mass is 404 g/mol. The van der Waals surface area contributed by atoms with Crippen LogP contribution in [0.4, 0.5) is 0 Å². The molecule has 6 heteroatoms. The van der Waals surface area contributed by atoms with E-state index in [-0.39, 0.29) is 5.91 Å². The van der Waals surface area contributed by atoms with Crippen LogP contribution in [-0.2, 0) is 11.2 Å². The molecule has 0 fully saturated rings. The van der Waals surface area contributed by atoms with Crippen molar-refractivity contribution in [2.24, 2.45) is 0 Å². The molecule has 0 saturated carbocycles. The van der Waals surface area contributed by atoms with Crippen molar-refractivity contribution in [3.8, 4) is 5.75 Å². The maximum atomic E-state index is 12.0. The zero-order valence-corrected chi connectivity index (χ0v) is 16.7. The summed E-state index contributed by atoms with van der Waals surface area (Å²) in [6.07, 6.45) is 3.82. The average molecular weight is 405 g/mol. The van der Waals surface area contributed by atoms with Gasteiger partial charge in [-0.15, -0.1) is 0 Å². The predicted molar refractivity (Wildman–Crippen MR) is 111 cm³/mol. The lowest BCUT2D eigenvalue weighted by molar-refractivity contribution is -0.121. The molecule has 0 spiro atoms. The molecule has 1 amide bonds. The van der Waals surface area contributed by atoms with Gasteiger partial charge in [0.25, 0.3) is 0 Å². The Kier molecular flexibility index (Phi) is 6.64. The summed E-state index contributed by atoms with van der Waals surface area (Å²) in [5.74, 6) is 0.835. The summed E-state index contributed by atoms with van der Waals surface area (Å²) in [4.78, 5) is 15.2. The number of aromatic amines is 1. The van der Waals surface area contributed by atoms with E-state index >= 15 is 0 Å². The van der Waals surface area contributed by atoms with Crippen LogP contribution >= 0.6 is 23.2 Å². The average Bonchev–Trinajstić information content (AvgIpc) is 3.02. The number of hydrogen-bond acceptors (Lipinski definition) is 2. The highest BCUT2D eigenvalue weighted by atomic mass is 35.5. The zero-order valence-electron chi connectivity index (χ0n) is 15.1. The molecule has 4 nitrogen and oxygen atoms in total. The summed E-state index contributed by atoms with van der Waals surface area (Å²) < 4.78 is 5.71. The standard InChI is InChI=1S/C21H22Cl2N2O2/c1-14-11-16(22)5-7-20(14)27-10-2-3-21(26)24-9-8-15-13-25-19-6-4-17(23)12-18(15)19/h4-7,11-13,25H,2-3,8-10H2,1H3,(H,24,26). The van der Waals surface area contributed by atoms with E-state index in [9.17, 15) is 4.79 Å². The number of ether oxygens (including phenoxy) is 1. The lowest BCUT2D eigenvalue weighted by Gasteiger charge is -2.09. The van der Waals surface area contributed by atoms with E-state index in [2.05, 4.69) is 10.3 Å². The Labute approximate surface area is 168 Å². The van der Waals surface area contributed by atoms with Crippen LogP contribution < -0.4 is 10.1 Å². The fourth-order valence-corrected chi connectivity index (χ4v) is 3.37. The number of halogens is 2. The van der Waals surface area contributed by atoms with Crippen LogP contribution in [0, 0.1) is 6.92 Å². The van der Waals surface area contributed by atoms with Crippen molar-refractivity contribution in [2.75, 3.05) is 13.2 Å². The van der Waals surface area contributed by atoms with Crippen LogP contribution in [0.5, 0.6) is 5.75 Å². The Bertz CT molecular complexity index is 937. The molecule has 0 saturated heterocycles. The number of rotatable bonds is 8. The Balaban J connectivity index is 1.37. The molecule has 2 N–H and O–H groups in total. The first-order chi connectivity index (χ1) is 13.0. The normalized spacial score (nSPS) is 10.9. The molecule has 0 aliphatic rings. The van der Waals surface area contributed by atoms with Crippen molar-refractivity contribution < 1.29 is 9.53 Å². The van der Waals surface area contributed by atoms with Gasteiger partial charge in [0.05, 0.1) is 6.61 Å². The van der Waals surface area contributed by atoms with Gasteiger partial charge in [0.1, 0.15) is 5.75 Å². The molecule has 0 aliphatic heterocycles. The summed E-state index contributed by atoms with van der Waals surface area (Å²) in [5.41, 5.74) is 3.19. The van der Waals surface area contributed by atoms with Gasteiger partial charge in [-0.3, -0.25) is 4.79 Å². The van der Waals surface area contributed by atoms with Gasteiger partial charge >= 0.3 is 0 Å². The van der Waals surface area contributed by atoms with Crippen molar-refractivity contribution in [3.05, 3.63) is 63.8 Å². The van der Waals surface area contributed by atoms with Crippen molar-refractivity contribution in [2.45, 2.75) is 26.2 Å². The first kappa shape index (κ1) is 19.6. The number of carbonyl (C=O) groups excluding carboxylic acids is 1. The van der Waals surface area contributed by atoms with Crippen LogP contribution in [-0.4, -0.2) is 24.0 Å². The van der Waals surface area contributed by atoms with E-state index < -0.39 is 0 Å². The van der Waals surface area contributed by atoms with Gasteiger partial charge in [-0.1, -0.05) is 23.2 Å². The number of hydrogen-bond donors (Lipinski definition) is 2. The minimum atomic E-state index is 0.0318. The van der Waals surface area contributed by atoms with E-state index in [1.54, 1.807) is 6.07 Å². The van der Waals surface area contributed by atoms with E-state index in [1.165, 1.54) is 0 Å². The first-order valence-corrected chi connectivity index (χ1v) is 9.69. The Morgan fingerprint density at radius 2 is 1.93 bits per heavy atom. The SMILES string of the molecule is Cc1cc(Cl)ccc1OCCCC(=O)NCCc1c[nH]c2ccc(Cl)cc12. The smallest absolute Gasteiger partial charge is 0.220 e. The highest BCUT2D eigenvalue weighted by Gasteiger charge is 2.06. The maximum absolute atomic E-state index is 12.0. The number of nitrogens with one attached hydrogen (secondary N) is 2. The molecule has 0 bridgehead atoms. The second-order valence-electron chi connectivity index (χ2n) is 6.47. The van der Waals surface area contributed by atoms with Gasteiger partial charge in [-0.2, -0.15) is 0 Å². The van der Waals surface area contributed by atoms with Gasteiger partial charge in [-0.25, -0.2) is 0 Å². The third-order valence-electron chi connectivity index (χ3n) is 4.39. The highest BCUT2D eigenvalue weighted by Crippen LogP contribution is 2.23. The zero-order chi connectivity index (χ0) is 19.2. The molecule has 1 aromatic heterocycles. The van der Waals surface area contributed by atoms with E-state index in [0.717, 1.165) is 34.2 Å². The summed E-state index contributed by atoms with van der Waals surface area (Å²) >= 11 is 12.0. The van der Waals surface area contributed by atoms with E-state index in [4.69, 9.17) is 27.9 Å². The fourth-order valence-electron chi connectivity index (χ4n) is 2.97. The molecule has 3 aromatic rings. The Morgan fingerprint density at radius 1 is 1.15 bits per heavy atom. The van der Waals surface area contributed by atoms with Crippen molar-refractivity contribution in [1.29, 1.82) is 0 Å². The Morgan fingerprint density at radius 3 is 2.74 bits per heavy atom. The minimum Gasteiger partial charge on any atom is -0.493 e. The molecule has 3 rings (SSSR count). The molecule has 142 valence electrons. The topological polar surface area (TPSA) is 54.1 Å². The third kappa shape index (κ3) is 5.41. The van der Waals surface area contributed by atoms with Crippen LogP contribution in [0.3, 0.4) is 0 Å². The van der Waals surface area contributed by atoms with Gasteiger partial charge < -0.3 is 15.0 Å². The largest absolute Gasteiger partial charge is 0.493 e. The molecule has 1 heterocycles. The van der Waals surface area contributed by atoms with Crippen molar-refractivity contribution >= 4 is 40.0 Å². The summed E-state index contributed by atoms with van der Waals surface area (Å²) in [7, 11) is 0. The number of aryl methyl sites for hydroxylation is 1. The molecular formula is C21H22Cl2N2O2. The van der Waals surface area contributed by atoms with Crippen LogP contribution in [0.15, 0.2) is 42.6 Å². The van der Waals surface area contributed by atoms with E-state index in [0.29, 0.717) is 36.0 Å². The number of aromatic nitrogens is 1. The molecule has 27 heavy (non-hydrogen) atoms. The van der Waals surface area contributed by atoms with Crippen LogP contribution in [0.2, 0.25) is 10.0 Å². The first-order valence-electron chi connectivity index (χ1n) is 8.94. The maximum Gasteiger partial charge on any atom is 0.220 e. The summed E-state index contributed by atoms with van der Waals surface area (Å²) in [5, 5.41) is 5.46. The van der Waals surface area contributed by atoms with Crippen molar-refractivity contribution in [1.82, 2.24) is 10.3 Å². The summed E-state index contributed by atoms with van der Waals surface area (Å²) in [6.45, 7) is 3.04. The van der Waals surface area contributed by atoms with Gasteiger partial charge in [0, 0.05) is 40.1 Å². The minimum absolute atomic E-state index is 0.0318. The molecule has 0 atom stereocenters. The quantitative estimate of drug-likeness (QED) is 0.500. The number of benzene rings is 2. The number of carbonyl (C=O) groups is 1. The predicted octanol–water partition coefficient (Wildman–Crippen LogP) is 5.30. The second-order valence-corrected chi connectivity index (χ2v) is 7.34. The molecular weight excluding hydrogens is 383 g/mol. The van der Waals surface area contributed by atoms with Gasteiger partial charge in [0.15, 0.2) is 0 Å². The molecule has 0 radical (unpaired) electrons. The van der Waals surface area contributed by atoms with E-state index in [1.807, 2.05) is 43.5 Å². The molecule has 2 aromatic carbocycles. The number of fused-ring (bicyclic) bond motifs is 1. The van der Waals surface area contributed by atoms with Crippen LogP contribution in [0.25, 0.3) is 10.9 Å². The highest BCUT2D eigenvalue weighted by molar-refractivity contribution is 6.31. The lowest BCUT2D eigenvalue weighted by Crippen LogP contribution is -2.25. The lowest BCUT2D eigenvalue weighted by atomic mass is 10.1. The summed E-state index contributed by atoms with van der Waals surface area (Å²) in [6, 6.07) is 11.3. The van der Waals surface area contributed by atoms with Crippen LogP contribution in [0.1, 0.15) is 24.0 Å².